The van der Waals surface area contributed by atoms with E-state index in [0.29, 0.717) is 13.0 Å². The second kappa shape index (κ2) is 10.9. The molecule has 33 heavy (non-hydrogen) atoms. The third-order valence-electron chi connectivity index (χ3n) is 6.28. The van der Waals surface area contributed by atoms with Gasteiger partial charge in [-0.15, -0.1) is 0 Å². The molecule has 5 nitrogen and oxygen atoms in total. The Hall–Kier alpha value is -2.72. The van der Waals surface area contributed by atoms with Crippen molar-refractivity contribution in [2.24, 2.45) is 0 Å². The fourth-order valence-corrected chi connectivity index (χ4v) is 4.30. The van der Waals surface area contributed by atoms with Gasteiger partial charge in [0.25, 0.3) is 0 Å². The second-order valence-electron chi connectivity index (χ2n) is 8.79. The molecule has 2 aromatic rings. The molecule has 1 heterocycles. The molecular weight excluding hydrogens is 432 g/mol. The molecule has 0 saturated heterocycles. The average molecular weight is 465 g/mol. The Balaban J connectivity index is 1.58. The van der Waals surface area contributed by atoms with Crippen molar-refractivity contribution >= 4 is 28.4 Å². The van der Waals surface area contributed by atoms with Crippen LogP contribution in [0.3, 0.4) is 0 Å². The minimum Gasteiger partial charge on any atom is -0.616 e. The van der Waals surface area contributed by atoms with Gasteiger partial charge in [0, 0.05) is 57.0 Å². The lowest BCUT2D eigenvalue weighted by molar-refractivity contribution is -0.139. The van der Waals surface area contributed by atoms with E-state index in [1.165, 1.54) is 17.4 Å². The molecule has 1 aliphatic heterocycles. The summed E-state index contributed by atoms with van der Waals surface area (Å²) in [5.74, 6) is 5.46. The topological polar surface area (TPSA) is 66.8 Å². The molecule has 0 amide bonds. The van der Waals surface area contributed by atoms with Gasteiger partial charge in [-0.3, -0.25) is 4.90 Å². The average Bonchev–Trinajstić information content (AvgIpc) is 2.82. The van der Waals surface area contributed by atoms with Crippen LogP contribution in [-0.2, 0) is 16.0 Å². The number of rotatable bonds is 7. The summed E-state index contributed by atoms with van der Waals surface area (Å²) in [7, 11) is 4.04. The maximum atomic E-state index is 11.9. The predicted molar refractivity (Wildman–Crippen MR) is 137 cm³/mol. The fourth-order valence-electron chi connectivity index (χ4n) is 3.68. The van der Waals surface area contributed by atoms with E-state index < -0.39 is 21.9 Å². The van der Waals surface area contributed by atoms with Crippen molar-refractivity contribution in [3.63, 3.8) is 0 Å². The minimum atomic E-state index is -1.41. The number of carboxylic acids is 1. The van der Waals surface area contributed by atoms with E-state index in [9.17, 15) is 14.5 Å². The summed E-state index contributed by atoms with van der Waals surface area (Å²) < 4.78 is 10.7. The molecule has 0 spiro atoms. The Morgan fingerprint density at radius 3 is 2.15 bits per heavy atom. The Kier molecular flexibility index (Phi) is 8.25. The van der Waals surface area contributed by atoms with Gasteiger partial charge in [0.15, 0.2) is 0 Å². The Morgan fingerprint density at radius 1 is 1.12 bits per heavy atom. The van der Waals surface area contributed by atoms with Crippen molar-refractivity contribution < 1.29 is 14.5 Å². The predicted octanol–water partition coefficient (Wildman–Crippen LogP) is 3.85. The Labute approximate surface area is 200 Å². The molecule has 0 aliphatic carbocycles. The highest BCUT2D eigenvalue weighted by atomic mass is 32.2. The first-order chi connectivity index (χ1) is 15.7. The lowest BCUT2D eigenvalue weighted by Gasteiger charge is -2.31. The van der Waals surface area contributed by atoms with Crippen LogP contribution in [0.1, 0.15) is 36.5 Å². The molecule has 0 aromatic heterocycles. The fraction of sp³-hybridized carbons (Fsp3) is 0.370. The van der Waals surface area contributed by atoms with Crippen molar-refractivity contribution in [3.8, 4) is 11.8 Å². The van der Waals surface area contributed by atoms with Crippen LogP contribution >= 0.6 is 0 Å². The van der Waals surface area contributed by atoms with Crippen molar-refractivity contribution in [3.05, 3.63) is 71.3 Å². The molecule has 0 saturated carbocycles. The van der Waals surface area contributed by atoms with E-state index >= 15 is 0 Å². The van der Waals surface area contributed by atoms with Gasteiger partial charge >= 0.3 is 5.97 Å². The van der Waals surface area contributed by atoms with E-state index in [-0.39, 0.29) is 0 Å². The summed E-state index contributed by atoms with van der Waals surface area (Å²) in [6, 6.07) is 16.5. The van der Waals surface area contributed by atoms with Crippen LogP contribution in [0.5, 0.6) is 0 Å². The number of benzene rings is 2. The molecule has 3 rings (SSSR count). The third kappa shape index (κ3) is 6.42. The largest absolute Gasteiger partial charge is 0.616 e. The summed E-state index contributed by atoms with van der Waals surface area (Å²) in [4.78, 5) is 15.8. The highest BCUT2D eigenvalue weighted by Crippen LogP contribution is 2.25. The first-order valence-corrected chi connectivity index (χ1v) is 12.6. The highest BCUT2D eigenvalue weighted by Gasteiger charge is 2.43. The first-order valence-electron chi connectivity index (χ1n) is 11.1. The van der Waals surface area contributed by atoms with Gasteiger partial charge in [-0.25, -0.2) is 4.79 Å². The standard InChI is InChI=1S/C27H32N2O3S/c1-27(26(30)31,33(4)32)17-20-29-18-15-24(16-19-29)23-11-7-21(8-12-23)5-6-22-9-13-25(14-10-22)28(2)3/h7-15H,16-20H2,1-4H3,(H,30,31). The third-order valence-corrected chi connectivity index (χ3v) is 7.92. The van der Waals surface area contributed by atoms with Crippen molar-refractivity contribution in [1.82, 2.24) is 4.90 Å². The highest BCUT2D eigenvalue weighted by molar-refractivity contribution is 7.92. The molecule has 1 N–H and O–H groups in total. The number of hydrogen-bond acceptors (Lipinski definition) is 4. The SMILES string of the molecule is CN(C)c1ccc(C#Cc2ccc(C3=CCN(CCC(C)(C(=O)O)[S+](C)[O-])CC3)cc2)cc1. The first kappa shape index (κ1) is 24.9. The van der Waals surface area contributed by atoms with Crippen molar-refractivity contribution in [2.45, 2.75) is 24.5 Å². The van der Waals surface area contributed by atoms with E-state index in [1.54, 1.807) is 6.92 Å². The lowest BCUT2D eigenvalue weighted by Crippen LogP contribution is -2.46. The van der Waals surface area contributed by atoms with Gasteiger partial charge in [-0.05, 0) is 72.1 Å². The summed E-state index contributed by atoms with van der Waals surface area (Å²) >= 11 is -1.41. The Bertz CT molecular complexity index is 1050. The van der Waals surface area contributed by atoms with Gasteiger partial charge in [0.1, 0.15) is 0 Å². The van der Waals surface area contributed by atoms with Crippen LogP contribution in [0.2, 0.25) is 0 Å². The van der Waals surface area contributed by atoms with Gasteiger partial charge in [0.2, 0.25) is 4.75 Å². The lowest BCUT2D eigenvalue weighted by atomic mass is 9.98. The molecule has 6 heteroatoms. The molecule has 0 radical (unpaired) electrons. The van der Waals surface area contributed by atoms with E-state index in [0.717, 1.165) is 36.3 Å². The van der Waals surface area contributed by atoms with Gasteiger partial charge in [0.05, 0.1) is 6.26 Å². The molecule has 2 unspecified atom stereocenters. The van der Waals surface area contributed by atoms with Gasteiger partial charge in [-0.2, -0.15) is 0 Å². The summed E-state index contributed by atoms with van der Waals surface area (Å²) in [6.45, 7) is 3.82. The van der Waals surface area contributed by atoms with Crippen LogP contribution in [0.4, 0.5) is 5.69 Å². The van der Waals surface area contributed by atoms with Crippen LogP contribution in [-0.4, -0.2) is 65.3 Å². The molecule has 0 fully saturated rings. The van der Waals surface area contributed by atoms with Crippen LogP contribution < -0.4 is 4.90 Å². The van der Waals surface area contributed by atoms with Gasteiger partial charge < -0.3 is 14.6 Å². The Morgan fingerprint density at radius 2 is 1.70 bits per heavy atom. The van der Waals surface area contributed by atoms with Crippen molar-refractivity contribution in [1.29, 1.82) is 0 Å². The maximum absolute atomic E-state index is 11.9. The van der Waals surface area contributed by atoms with E-state index in [2.05, 4.69) is 64.1 Å². The summed E-state index contributed by atoms with van der Waals surface area (Å²) in [5.41, 5.74) is 5.62. The summed E-state index contributed by atoms with van der Waals surface area (Å²) in [5, 5.41) is 9.44. The maximum Gasteiger partial charge on any atom is 0.359 e. The van der Waals surface area contributed by atoms with E-state index in [4.69, 9.17) is 0 Å². The molecular formula is C27H32N2O3S. The second-order valence-corrected chi connectivity index (χ2v) is 10.6. The minimum absolute atomic E-state index is 0.375. The molecule has 2 aromatic carbocycles. The van der Waals surface area contributed by atoms with E-state index in [1.807, 2.05) is 26.2 Å². The zero-order chi connectivity index (χ0) is 24.0. The van der Waals surface area contributed by atoms with Crippen LogP contribution in [0.15, 0.2) is 54.6 Å². The zero-order valence-corrected chi connectivity index (χ0v) is 20.6. The molecule has 0 bridgehead atoms. The summed E-state index contributed by atoms with van der Waals surface area (Å²) in [6.07, 6.45) is 4.96. The smallest absolute Gasteiger partial charge is 0.359 e. The molecule has 2 atom stereocenters. The molecule has 1 aliphatic rings. The molecule has 174 valence electrons. The van der Waals surface area contributed by atoms with Gasteiger partial charge in [-0.1, -0.05) is 30.0 Å². The number of hydrogen-bond donors (Lipinski definition) is 1. The number of carboxylic acid groups (broad SMARTS) is 1. The van der Waals surface area contributed by atoms with Crippen molar-refractivity contribution in [2.75, 3.05) is 44.9 Å². The van der Waals surface area contributed by atoms with Crippen LogP contribution in [0, 0.1) is 11.8 Å². The zero-order valence-electron chi connectivity index (χ0n) is 19.8. The number of anilines is 1. The normalized spacial score (nSPS) is 16.7. The van der Waals surface area contributed by atoms with Crippen LogP contribution in [0.25, 0.3) is 5.57 Å². The monoisotopic (exact) mass is 464 g/mol. The quantitative estimate of drug-likeness (QED) is 0.498. The number of nitrogens with zero attached hydrogens (tertiary/aromatic N) is 2. The number of carbonyl (C=O) groups is 1. The number of aliphatic carboxylic acids is 1.